The van der Waals surface area contributed by atoms with Crippen molar-refractivity contribution in [3.63, 3.8) is 0 Å². The molecular formula is C29H34Cl2N2O7. The van der Waals surface area contributed by atoms with E-state index in [4.69, 9.17) is 42.1 Å². The molecule has 4 saturated heterocycles. The highest BCUT2D eigenvalue weighted by molar-refractivity contribution is 6.22. The Bertz CT molecular complexity index is 1050. The van der Waals surface area contributed by atoms with Gasteiger partial charge in [-0.2, -0.15) is 0 Å². The normalized spacial score (nSPS) is 32.2. The molecule has 11 heteroatoms. The number of rotatable bonds is 4. The van der Waals surface area contributed by atoms with Gasteiger partial charge in [-0.15, -0.1) is 23.2 Å². The summed E-state index contributed by atoms with van der Waals surface area (Å²) in [7, 11) is 0. The summed E-state index contributed by atoms with van der Waals surface area (Å²) in [5.41, 5.74) is 1.90. The SMILES string of the molecule is C[C@H]1CO[C@H]2[C@@H]1N(C(=O)OCc1ccccc1)C[C@H]2Cl.O=C(OCc1ccccc1)N1C[C@@H](Cl)[C@H]2OC[C@H](O)[C@H]21. The Morgan fingerprint density at radius 2 is 1.25 bits per heavy atom. The van der Waals surface area contributed by atoms with Gasteiger partial charge in [-0.05, 0) is 11.1 Å². The standard InChI is InChI=1S/C15H18ClNO3.C14H16ClNO4/c1-10-8-19-14-12(16)7-17(13(10)14)15(18)20-9-11-5-3-2-4-6-11;15-10-6-16(12-11(17)8-19-13(10)12)14(18)20-7-9-4-2-1-3-5-9/h2-6,10,12-14H,7-9H2,1H3;1-5,10-13,17H,6-8H2/t10-,12+,13+,14+;10-,11+,12-,13-/m01/s1. The molecule has 2 amide bonds. The van der Waals surface area contributed by atoms with Crippen LogP contribution >= 0.6 is 23.2 Å². The molecule has 0 aromatic heterocycles. The molecule has 4 aliphatic heterocycles. The highest BCUT2D eigenvalue weighted by atomic mass is 35.5. The van der Waals surface area contributed by atoms with Gasteiger partial charge in [-0.25, -0.2) is 9.59 Å². The third-order valence-corrected chi connectivity index (χ3v) is 8.49. The van der Waals surface area contributed by atoms with Crippen molar-refractivity contribution < 1.29 is 33.6 Å². The zero-order chi connectivity index (χ0) is 28.2. The lowest BCUT2D eigenvalue weighted by atomic mass is 10.0. The number of aliphatic hydroxyl groups is 1. The van der Waals surface area contributed by atoms with E-state index in [0.717, 1.165) is 11.1 Å². The van der Waals surface area contributed by atoms with E-state index in [0.29, 0.717) is 25.6 Å². The van der Waals surface area contributed by atoms with Gasteiger partial charge < -0.3 is 29.0 Å². The Hall–Kier alpha value is -2.56. The number of aliphatic hydroxyl groups excluding tert-OH is 1. The van der Waals surface area contributed by atoms with Crippen LogP contribution in [0.3, 0.4) is 0 Å². The van der Waals surface area contributed by atoms with Crippen molar-refractivity contribution in [2.75, 3.05) is 26.3 Å². The van der Waals surface area contributed by atoms with Crippen LogP contribution in [0.1, 0.15) is 18.1 Å². The molecule has 0 aliphatic carbocycles. The number of carbonyl (C=O) groups is 2. The second-order valence-corrected chi connectivity index (χ2v) is 11.7. The molecule has 1 N–H and O–H groups in total. The highest BCUT2D eigenvalue weighted by Crippen LogP contribution is 2.36. The summed E-state index contributed by atoms with van der Waals surface area (Å²) < 4.78 is 21.7. The third-order valence-electron chi connectivity index (χ3n) is 7.72. The molecule has 4 heterocycles. The molecule has 9 nitrogen and oxygen atoms in total. The number of benzene rings is 2. The lowest BCUT2D eigenvalue weighted by molar-refractivity contribution is 0.0603. The van der Waals surface area contributed by atoms with Crippen LogP contribution in [0.5, 0.6) is 0 Å². The van der Waals surface area contributed by atoms with E-state index in [1.54, 1.807) is 4.90 Å². The number of alkyl halides is 2. The minimum absolute atomic E-state index is 0.0424. The molecule has 0 spiro atoms. The highest BCUT2D eigenvalue weighted by Gasteiger charge is 2.52. The number of nitrogens with zero attached hydrogens (tertiary/aromatic N) is 2. The number of hydrogen-bond donors (Lipinski definition) is 1. The molecule has 4 aliphatic rings. The van der Waals surface area contributed by atoms with E-state index in [1.165, 1.54) is 4.90 Å². The van der Waals surface area contributed by atoms with Gasteiger partial charge in [0.1, 0.15) is 19.3 Å². The minimum atomic E-state index is -0.701. The first-order valence-corrected chi connectivity index (χ1v) is 14.3. The molecule has 0 unspecified atom stereocenters. The van der Waals surface area contributed by atoms with Crippen molar-refractivity contribution in [3.8, 4) is 0 Å². The van der Waals surface area contributed by atoms with Crippen LogP contribution in [0.25, 0.3) is 0 Å². The number of amides is 2. The van der Waals surface area contributed by atoms with Gasteiger partial charge in [0.2, 0.25) is 0 Å². The lowest BCUT2D eigenvalue weighted by Gasteiger charge is -2.25. The monoisotopic (exact) mass is 592 g/mol. The maximum Gasteiger partial charge on any atom is 0.410 e. The van der Waals surface area contributed by atoms with E-state index >= 15 is 0 Å². The number of likely N-dealkylation sites (tertiary alicyclic amines) is 2. The van der Waals surface area contributed by atoms with Gasteiger partial charge in [0.25, 0.3) is 0 Å². The van der Waals surface area contributed by atoms with Crippen LogP contribution in [-0.2, 0) is 32.2 Å². The van der Waals surface area contributed by atoms with Crippen molar-refractivity contribution in [1.29, 1.82) is 0 Å². The smallest absolute Gasteiger partial charge is 0.410 e. The summed E-state index contributed by atoms with van der Waals surface area (Å²) in [5, 5.41) is 9.44. The first-order valence-electron chi connectivity index (χ1n) is 13.5. The summed E-state index contributed by atoms with van der Waals surface area (Å²) in [5.74, 6) is 0.299. The average molecular weight is 594 g/mol. The van der Waals surface area contributed by atoms with Crippen molar-refractivity contribution >= 4 is 35.4 Å². The Morgan fingerprint density at radius 3 is 1.77 bits per heavy atom. The molecule has 4 fully saturated rings. The predicted octanol–water partition coefficient (Wildman–Crippen LogP) is 4.02. The van der Waals surface area contributed by atoms with Crippen molar-refractivity contribution in [2.45, 2.75) is 61.3 Å². The van der Waals surface area contributed by atoms with Crippen LogP contribution in [0.15, 0.2) is 60.7 Å². The maximum absolute atomic E-state index is 12.2. The number of halogens is 2. The van der Waals surface area contributed by atoms with Crippen LogP contribution in [-0.4, -0.2) is 94.5 Å². The number of fused-ring (bicyclic) bond motifs is 2. The fraction of sp³-hybridized carbons (Fsp3) is 0.517. The van der Waals surface area contributed by atoms with E-state index < -0.39 is 18.2 Å². The van der Waals surface area contributed by atoms with Gasteiger partial charge in [-0.1, -0.05) is 67.6 Å². The number of hydrogen-bond acceptors (Lipinski definition) is 7. The van der Waals surface area contributed by atoms with Gasteiger partial charge in [0, 0.05) is 19.0 Å². The van der Waals surface area contributed by atoms with Gasteiger partial charge in [-0.3, -0.25) is 4.90 Å². The van der Waals surface area contributed by atoms with E-state index in [9.17, 15) is 14.7 Å². The largest absolute Gasteiger partial charge is 0.445 e. The first-order chi connectivity index (χ1) is 19.3. The Kier molecular flexibility index (Phi) is 9.38. The number of carbonyl (C=O) groups excluding carboxylic acids is 2. The first kappa shape index (κ1) is 29.0. The van der Waals surface area contributed by atoms with Crippen LogP contribution in [0.2, 0.25) is 0 Å². The van der Waals surface area contributed by atoms with Crippen molar-refractivity contribution in [3.05, 3.63) is 71.8 Å². The molecule has 40 heavy (non-hydrogen) atoms. The Balaban J connectivity index is 0.000000161. The topological polar surface area (TPSA) is 97.8 Å². The summed E-state index contributed by atoms with van der Waals surface area (Å²) >= 11 is 12.4. The number of ether oxygens (including phenoxy) is 4. The molecule has 0 bridgehead atoms. The van der Waals surface area contributed by atoms with Crippen LogP contribution in [0, 0.1) is 5.92 Å². The molecule has 0 saturated carbocycles. The molecule has 6 rings (SSSR count). The third kappa shape index (κ3) is 6.34. The van der Waals surface area contributed by atoms with Crippen molar-refractivity contribution in [2.24, 2.45) is 5.92 Å². The zero-order valence-corrected chi connectivity index (χ0v) is 23.7. The average Bonchev–Trinajstić information content (AvgIpc) is 3.72. The molecule has 2 aromatic rings. The fourth-order valence-electron chi connectivity index (χ4n) is 5.74. The van der Waals surface area contributed by atoms with E-state index in [2.05, 4.69) is 6.92 Å². The molecular weight excluding hydrogens is 559 g/mol. The second kappa shape index (κ2) is 13.0. The van der Waals surface area contributed by atoms with Crippen LogP contribution < -0.4 is 0 Å². The molecule has 0 radical (unpaired) electrons. The van der Waals surface area contributed by atoms with E-state index in [1.807, 2.05) is 60.7 Å². The molecule has 8 atom stereocenters. The fourth-order valence-corrected chi connectivity index (χ4v) is 6.48. The van der Waals surface area contributed by atoms with Crippen LogP contribution in [0.4, 0.5) is 9.59 Å². The quantitative estimate of drug-likeness (QED) is 0.535. The van der Waals surface area contributed by atoms with Crippen molar-refractivity contribution in [1.82, 2.24) is 9.80 Å². The molecule has 216 valence electrons. The Morgan fingerprint density at radius 1 is 0.800 bits per heavy atom. The van der Waals surface area contributed by atoms with E-state index in [-0.39, 0.29) is 54.9 Å². The minimum Gasteiger partial charge on any atom is -0.445 e. The van der Waals surface area contributed by atoms with Gasteiger partial charge in [0.05, 0.1) is 48.3 Å². The maximum atomic E-state index is 12.2. The summed E-state index contributed by atoms with van der Waals surface area (Å²) in [6.45, 7) is 4.27. The molecule has 2 aromatic carbocycles. The van der Waals surface area contributed by atoms with Gasteiger partial charge >= 0.3 is 12.2 Å². The van der Waals surface area contributed by atoms with Gasteiger partial charge in [0.15, 0.2) is 0 Å². The zero-order valence-electron chi connectivity index (χ0n) is 22.2. The summed E-state index contributed by atoms with van der Waals surface area (Å²) in [6.07, 6.45) is -1.83. The Labute approximate surface area is 243 Å². The predicted molar refractivity (Wildman–Crippen MR) is 148 cm³/mol. The second-order valence-electron chi connectivity index (χ2n) is 10.5. The lowest BCUT2D eigenvalue weighted by Crippen LogP contribution is -2.44. The summed E-state index contributed by atoms with van der Waals surface area (Å²) in [4.78, 5) is 27.6. The summed E-state index contributed by atoms with van der Waals surface area (Å²) in [6, 6.07) is 18.8.